The summed E-state index contributed by atoms with van der Waals surface area (Å²) in [6.07, 6.45) is 1.05. The summed E-state index contributed by atoms with van der Waals surface area (Å²) in [6.45, 7) is 5.26. The molecular weight excluding hydrogens is 269 g/mol. The normalized spacial score (nSPS) is 12.3. The van der Waals surface area contributed by atoms with E-state index in [1.165, 1.54) is 22.6 Å². The van der Waals surface area contributed by atoms with Crippen molar-refractivity contribution in [2.75, 3.05) is 6.54 Å². The molecule has 0 aliphatic rings. The Balaban J connectivity index is 2.25. The molecule has 0 amide bonds. The molecule has 0 heterocycles. The summed E-state index contributed by atoms with van der Waals surface area (Å²) in [6, 6.07) is 15.4. The Morgan fingerprint density at radius 3 is 2.40 bits per heavy atom. The van der Waals surface area contributed by atoms with Crippen molar-refractivity contribution in [1.29, 1.82) is 0 Å². The van der Waals surface area contributed by atoms with Crippen LogP contribution in [0.2, 0.25) is 0 Å². The second-order valence-electron chi connectivity index (χ2n) is 4.61. The number of hydrogen-bond acceptors (Lipinski definition) is 2. The highest BCUT2D eigenvalue weighted by atomic mass is 32.2. The standard InChI is InChI=1S/C17H20FNS/c1-3-16(19-4-2)15-7-5-6-8-17(15)20-14-11-9-13(18)10-12-14/h5-12,16,19H,3-4H2,1-2H3. The number of rotatable bonds is 6. The number of halogens is 1. The predicted octanol–water partition coefficient (Wildman–Crippen LogP) is 5.04. The van der Waals surface area contributed by atoms with E-state index in [0.29, 0.717) is 6.04 Å². The van der Waals surface area contributed by atoms with Crippen LogP contribution in [0.15, 0.2) is 58.3 Å². The largest absolute Gasteiger partial charge is 0.310 e. The van der Waals surface area contributed by atoms with Gasteiger partial charge in [-0.3, -0.25) is 0 Å². The van der Waals surface area contributed by atoms with Gasteiger partial charge in [0, 0.05) is 15.8 Å². The van der Waals surface area contributed by atoms with Crippen LogP contribution in [0.25, 0.3) is 0 Å². The van der Waals surface area contributed by atoms with Crippen LogP contribution < -0.4 is 5.32 Å². The maximum absolute atomic E-state index is 13.0. The molecule has 1 nitrogen and oxygen atoms in total. The molecule has 1 unspecified atom stereocenters. The van der Waals surface area contributed by atoms with Crippen LogP contribution in [0.1, 0.15) is 31.9 Å². The number of benzene rings is 2. The summed E-state index contributed by atoms with van der Waals surface area (Å²) in [5.74, 6) is -0.193. The van der Waals surface area contributed by atoms with Crippen molar-refractivity contribution >= 4 is 11.8 Å². The topological polar surface area (TPSA) is 12.0 Å². The molecule has 0 aliphatic heterocycles. The Morgan fingerprint density at radius 2 is 1.75 bits per heavy atom. The molecule has 1 N–H and O–H groups in total. The van der Waals surface area contributed by atoms with E-state index in [4.69, 9.17) is 0 Å². The smallest absolute Gasteiger partial charge is 0.123 e. The van der Waals surface area contributed by atoms with Gasteiger partial charge in [0.25, 0.3) is 0 Å². The Hall–Kier alpha value is -1.32. The SMILES string of the molecule is CCNC(CC)c1ccccc1Sc1ccc(F)cc1. The van der Waals surface area contributed by atoms with Crippen LogP contribution in [0, 0.1) is 5.82 Å². The van der Waals surface area contributed by atoms with Gasteiger partial charge in [-0.25, -0.2) is 4.39 Å². The van der Waals surface area contributed by atoms with Gasteiger partial charge in [0.05, 0.1) is 0 Å². The predicted molar refractivity (Wildman–Crippen MR) is 83.7 cm³/mol. The van der Waals surface area contributed by atoms with Crippen LogP contribution in [-0.2, 0) is 0 Å². The fourth-order valence-electron chi connectivity index (χ4n) is 2.21. The molecule has 2 rings (SSSR count). The van der Waals surface area contributed by atoms with Crippen LogP contribution in [0.4, 0.5) is 4.39 Å². The van der Waals surface area contributed by atoms with Gasteiger partial charge in [0.1, 0.15) is 5.82 Å². The fourth-order valence-corrected chi connectivity index (χ4v) is 3.21. The third-order valence-corrected chi connectivity index (χ3v) is 4.29. The molecule has 106 valence electrons. The van der Waals surface area contributed by atoms with Gasteiger partial charge in [-0.15, -0.1) is 0 Å². The minimum atomic E-state index is -0.193. The van der Waals surface area contributed by atoms with Gasteiger partial charge >= 0.3 is 0 Å². The summed E-state index contributed by atoms with van der Waals surface area (Å²) in [5.41, 5.74) is 1.31. The van der Waals surface area contributed by atoms with Crippen LogP contribution in [-0.4, -0.2) is 6.54 Å². The van der Waals surface area contributed by atoms with Gasteiger partial charge in [-0.1, -0.05) is 43.8 Å². The van der Waals surface area contributed by atoms with Crippen molar-refractivity contribution in [3.05, 3.63) is 59.9 Å². The summed E-state index contributed by atoms with van der Waals surface area (Å²) < 4.78 is 13.0. The van der Waals surface area contributed by atoms with E-state index >= 15 is 0 Å². The molecule has 0 spiro atoms. The highest BCUT2D eigenvalue weighted by Gasteiger charge is 2.12. The maximum Gasteiger partial charge on any atom is 0.123 e. The molecule has 2 aromatic rings. The summed E-state index contributed by atoms with van der Waals surface area (Å²) in [4.78, 5) is 2.29. The second kappa shape index (κ2) is 7.46. The Kier molecular flexibility index (Phi) is 5.62. The average Bonchev–Trinajstić information content (AvgIpc) is 2.48. The van der Waals surface area contributed by atoms with Crippen molar-refractivity contribution in [2.24, 2.45) is 0 Å². The van der Waals surface area contributed by atoms with Gasteiger partial charge in [-0.05, 0) is 48.9 Å². The summed E-state index contributed by atoms with van der Waals surface area (Å²) in [7, 11) is 0. The van der Waals surface area contributed by atoms with Crippen LogP contribution in [0.5, 0.6) is 0 Å². The van der Waals surface area contributed by atoms with E-state index in [2.05, 4.69) is 37.4 Å². The minimum absolute atomic E-state index is 0.193. The van der Waals surface area contributed by atoms with Crippen molar-refractivity contribution in [3.8, 4) is 0 Å². The molecule has 0 radical (unpaired) electrons. The summed E-state index contributed by atoms with van der Waals surface area (Å²) >= 11 is 1.69. The van der Waals surface area contributed by atoms with Crippen molar-refractivity contribution < 1.29 is 4.39 Å². The Morgan fingerprint density at radius 1 is 1.05 bits per heavy atom. The maximum atomic E-state index is 13.0. The fraction of sp³-hybridized carbons (Fsp3) is 0.294. The molecule has 0 bridgehead atoms. The van der Waals surface area contributed by atoms with E-state index in [1.54, 1.807) is 11.8 Å². The first-order valence-electron chi connectivity index (χ1n) is 7.00. The van der Waals surface area contributed by atoms with Crippen LogP contribution >= 0.6 is 11.8 Å². The molecule has 1 atom stereocenters. The molecule has 0 saturated carbocycles. The lowest BCUT2D eigenvalue weighted by atomic mass is 10.0. The Labute approximate surface area is 124 Å². The number of nitrogens with one attached hydrogen (secondary N) is 1. The molecule has 0 aromatic heterocycles. The third-order valence-electron chi connectivity index (χ3n) is 3.19. The number of hydrogen-bond donors (Lipinski definition) is 1. The molecule has 3 heteroatoms. The van der Waals surface area contributed by atoms with Crippen molar-refractivity contribution in [2.45, 2.75) is 36.1 Å². The van der Waals surface area contributed by atoms with E-state index < -0.39 is 0 Å². The highest BCUT2D eigenvalue weighted by Crippen LogP contribution is 2.34. The molecule has 2 aromatic carbocycles. The zero-order valence-corrected chi connectivity index (χ0v) is 12.7. The monoisotopic (exact) mass is 289 g/mol. The second-order valence-corrected chi connectivity index (χ2v) is 5.73. The lowest BCUT2D eigenvalue weighted by Gasteiger charge is -2.19. The molecule has 0 fully saturated rings. The first-order valence-corrected chi connectivity index (χ1v) is 7.82. The average molecular weight is 289 g/mol. The first-order chi connectivity index (χ1) is 9.74. The lowest BCUT2D eigenvalue weighted by Crippen LogP contribution is -2.20. The van der Waals surface area contributed by atoms with E-state index in [1.807, 2.05) is 18.2 Å². The van der Waals surface area contributed by atoms with Gasteiger partial charge in [0.2, 0.25) is 0 Å². The van der Waals surface area contributed by atoms with E-state index in [9.17, 15) is 4.39 Å². The van der Waals surface area contributed by atoms with E-state index in [0.717, 1.165) is 17.9 Å². The zero-order chi connectivity index (χ0) is 14.4. The van der Waals surface area contributed by atoms with Crippen molar-refractivity contribution in [1.82, 2.24) is 5.32 Å². The quantitative estimate of drug-likeness (QED) is 0.799. The molecule has 0 saturated heterocycles. The van der Waals surface area contributed by atoms with Gasteiger partial charge < -0.3 is 5.32 Å². The zero-order valence-electron chi connectivity index (χ0n) is 11.9. The van der Waals surface area contributed by atoms with E-state index in [-0.39, 0.29) is 5.82 Å². The summed E-state index contributed by atoms with van der Waals surface area (Å²) in [5, 5.41) is 3.51. The first kappa shape index (κ1) is 15.1. The molecular formula is C17H20FNS. The lowest BCUT2D eigenvalue weighted by molar-refractivity contribution is 0.530. The highest BCUT2D eigenvalue weighted by molar-refractivity contribution is 7.99. The van der Waals surface area contributed by atoms with Crippen molar-refractivity contribution in [3.63, 3.8) is 0 Å². The Bertz CT molecular complexity index is 539. The minimum Gasteiger partial charge on any atom is -0.310 e. The van der Waals surface area contributed by atoms with Crippen LogP contribution in [0.3, 0.4) is 0 Å². The van der Waals surface area contributed by atoms with Gasteiger partial charge in [-0.2, -0.15) is 0 Å². The molecule has 20 heavy (non-hydrogen) atoms. The third kappa shape index (κ3) is 3.84. The van der Waals surface area contributed by atoms with Gasteiger partial charge in [0.15, 0.2) is 0 Å². The molecule has 0 aliphatic carbocycles.